The standard InChI is InChI=1S/C8H11N2O2/c1-2-3-4-12-8(11)7-5-9-6-10-7/h5H,2-4H2,1H3,(H,9,10). The topological polar surface area (TPSA) is 55.0 Å². The molecule has 1 aromatic heterocycles. The molecule has 0 saturated heterocycles. The number of unbranched alkanes of at least 4 members (excludes halogenated alkanes) is 1. The van der Waals surface area contributed by atoms with E-state index in [-0.39, 0.29) is 11.7 Å². The van der Waals surface area contributed by atoms with Crippen LogP contribution >= 0.6 is 0 Å². The second-order valence-corrected chi connectivity index (χ2v) is 2.39. The van der Waals surface area contributed by atoms with Crippen LogP contribution in [0.3, 0.4) is 0 Å². The fourth-order valence-electron chi connectivity index (χ4n) is 0.713. The lowest BCUT2D eigenvalue weighted by atomic mass is 10.4. The summed E-state index contributed by atoms with van der Waals surface area (Å²) in [5, 5.41) is 0. The number of hydrogen-bond acceptors (Lipinski definition) is 3. The molecule has 0 fully saturated rings. The first-order valence-corrected chi connectivity index (χ1v) is 3.93. The molecule has 0 aliphatic rings. The SMILES string of the molecule is CCCCOC(=O)c1c[nH][c]n1. The maximum absolute atomic E-state index is 11.1. The molecule has 0 aliphatic carbocycles. The first-order valence-electron chi connectivity index (χ1n) is 3.93. The lowest BCUT2D eigenvalue weighted by Gasteiger charge is -1.99. The molecule has 1 heterocycles. The molecule has 65 valence electrons. The van der Waals surface area contributed by atoms with E-state index in [4.69, 9.17) is 4.74 Å². The summed E-state index contributed by atoms with van der Waals surface area (Å²) in [5.41, 5.74) is 0.283. The van der Waals surface area contributed by atoms with Crippen LogP contribution in [-0.2, 0) is 4.74 Å². The third kappa shape index (κ3) is 2.38. The van der Waals surface area contributed by atoms with Gasteiger partial charge in [-0.3, -0.25) is 0 Å². The average molecular weight is 167 g/mol. The van der Waals surface area contributed by atoms with Crippen LogP contribution in [-0.4, -0.2) is 22.5 Å². The Hall–Kier alpha value is -1.32. The molecule has 0 unspecified atom stereocenters. The summed E-state index contributed by atoms with van der Waals surface area (Å²) in [7, 11) is 0. The van der Waals surface area contributed by atoms with E-state index in [2.05, 4.69) is 16.3 Å². The minimum atomic E-state index is -0.388. The molecule has 4 heteroatoms. The zero-order valence-electron chi connectivity index (χ0n) is 6.96. The maximum atomic E-state index is 11.1. The zero-order chi connectivity index (χ0) is 8.81. The number of nitrogens with zero attached hydrogens (tertiary/aromatic N) is 1. The summed E-state index contributed by atoms with van der Waals surface area (Å²) in [6.07, 6.45) is 5.79. The van der Waals surface area contributed by atoms with Crippen molar-refractivity contribution < 1.29 is 9.53 Å². The van der Waals surface area contributed by atoms with Gasteiger partial charge >= 0.3 is 5.97 Å². The predicted molar refractivity (Wildman–Crippen MR) is 42.6 cm³/mol. The number of nitrogens with one attached hydrogen (secondary N) is 1. The number of rotatable bonds is 4. The molecule has 12 heavy (non-hydrogen) atoms. The first kappa shape index (κ1) is 8.77. The number of H-pyrrole nitrogens is 1. The van der Waals surface area contributed by atoms with Crippen molar-refractivity contribution in [1.29, 1.82) is 0 Å². The number of carbonyl (C=O) groups excluding carboxylic acids is 1. The van der Waals surface area contributed by atoms with Crippen molar-refractivity contribution in [2.45, 2.75) is 19.8 Å². The summed E-state index contributed by atoms with van der Waals surface area (Å²) >= 11 is 0. The van der Waals surface area contributed by atoms with Crippen molar-refractivity contribution in [2.24, 2.45) is 0 Å². The molecule has 0 atom stereocenters. The predicted octanol–water partition coefficient (Wildman–Crippen LogP) is 1.17. The summed E-state index contributed by atoms with van der Waals surface area (Å²) in [4.78, 5) is 17.3. The van der Waals surface area contributed by atoms with Crippen LogP contribution in [0.4, 0.5) is 0 Å². The van der Waals surface area contributed by atoms with Crippen LogP contribution in [0.1, 0.15) is 30.3 Å². The molecule has 0 aliphatic heterocycles. The molecule has 1 rings (SSSR count). The second-order valence-electron chi connectivity index (χ2n) is 2.39. The van der Waals surface area contributed by atoms with Gasteiger partial charge in [-0.1, -0.05) is 13.3 Å². The molecule has 0 saturated carbocycles. The summed E-state index contributed by atoms with van der Waals surface area (Å²) in [6.45, 7) is 2.50. The van der Waals surface area contributed by atoms with Crippen molar-refractivity contribution in [3.63, 3.8) is 0 Å². The Balaban J connectivity index is 2.30. The Morgan fingerprint density at radius 3 is 3.25 bits per heavy atom. The van der Waals surface area contributed by atoms with Gasteiger partial charge in [0.05, 0.1) is 6.61 Å². The first-order chi connectivity index (χ1) is 5.84. The third-order valence-corrected chi connectivity index (χ3v) is 1.39. The van der Waals surface area contributed by atoms with E-state index in [1.165, 1.54) is 6.20 Å². The summed E-state index contributed by atoms with van der Waals surface area (Å²) in [6, 6.07) is 0. The van der Waals surface area contributed by atoms with Gasteiger partial charge in [0.2, 0.25) is 0 Å². The smallest absolute Gasteiger partial charge is 0.358 e. The highest BCUT2D eigenvalue weighted by atomic mass is 16.5. The normalized spacial score (nSPS) is 9.75. The molecular weight excluding hydrogens is 156 g/mol. The van der Waals surface area contributed by atoms with Crippen molar-refractivity contribution in [2.75, 3.05) is 6.61 Å². The number of carbonyl (C=O) groups is 1. The number of hydrogen-bond donors (Lipinski definition) is 1. The lowest BCUT2D eigenvalue weighted by molar-refractivity contribution is 0.0493. The minimum absolute atomic E-state index is 0.283. The fourth-order valence-corrected chi connectivity index (χ4v) is 0.713. The minimum Gasteiger partial charge on any atom is -0.461 e. The van der Waals surface area contributed by atoms with Crippen LogP contribution < -0.4 is 0 Å². The molecule has 1 radical (unpaired) electrons. The Labute approximate surface area is 71.0 Å². The van der Waals surface area contributed by atoms with Gasteiger partial charge in [0.15, 0.2) is 12.0 Å². The molecule has 0 amide bonds. The average Bonchev–Trinajstić information content (AvgIpc) is 2.56. The third-order valence-electron chi connectivity index (χ3n) is 1.39. The number of imidazole rings is 1. The highest BCUT2D eigenvalue weighted by molar-refractivity contribution is 5.86. The van der Waals surface area contributed by atoms with Crippen LogP contribution in [0, 0.1) is 6.33 Å². The van der Waals surface area contributed by atoms with E-state index in [0.717, 1.165) is 12.8 Å². The van der Waals surface area contributed by atoms with E-state index in [1.54, 1.807) is 0 Å². The fraction of sp³-hybridized carbons (Fsp3) is 0.500. The monoisotopic (exact) mass is 167 g/mol. The van der Waals surface area contributed by atoms with Gasteiger partial charge in [0.1, 0.15) is 0 Å². The van der Waals surface area contributed by atoms with Crippen molar-refractivity contribution in [3.05, 3.63) is 18.2 Å². The lowest BCUT2D eigenvalue weighted by Crippen LogP contribution is -2.06. The van der Waals surface area contributed by atoms with E-state index in [1.807, 2.05) is 6.92 Å². The Kier molecular flexibility index (Phi) is 3.32. The number of esters is 1. The molecule has 0 aromatic carbocycles. The van der Waals surface area contributed by atoms with E-state index >= 15 is 0 Å². The molecule has 0 bridgehead atoms. The van der Waals surface area contributed by atoms with E-state index < -0.39 is 0 Å². The van der Waals surface area contributed by atoms with Gasteiger partial charge in [0.25, 0.3) is 0 Å². The molecule has 1 N–H and O–H groups in total. The summed E-state index contributed by atoms with van der Waals surface area (Å²) in [5.74, 6) is -0.388. The van der Waals surface area contributed by atoms with Gasteiger partial charge < -0.3 is 9.72 Å². The van der Waals surface area contributed by atoms with Gasteiger partial charge in [0, 0.05) is 6.20 Å². The number of aromatic amines is 1. The quantitative estimate of drug-likeness (QED) is 0.541. The van der Waals surface area contributed by atoms with Gasteiger partial charge in [-0.2, -0.15) is 0 Å². The van der Waals surface area contributed by atoms with Crippen molar-refractivity contribution >= 4 is 5.97 Å². The van der Waals surface area contributed by atoms with Crippen LogP contribution in [0.5, 0.6) is 0 Å². The van der Waals surface area contributed by atoms with Crippen molar-refractivity contribution in [1.82, 2.24) is 9.97 Å². The van der Waals surface area contributed by atoms with Crippen LogP contribution in [0.15, 0.2) is 6.20 Å². The maximum Gasteiger partial charge on any atom is 0.358 e. The summed E-state index contributed by atoms with van der Waals surface area (Å²) < 4.78 is 4.89. The van der Waals surface area contributed by atoms with E-state index in [9.17, 15) is 4.79 Å². The Morgan fingerprint density at radius 2 is 2.67 bits per heavy atom. The van der Waals surface area contributed by atoms with Crippen LogP contribution in [0.2, 0.25) is 0 Å². The number of ether oxygens (including phenoxy) is 1. The largest absolute Gasteiger partial charge is 0.461 e. The molecule has 1 aromatic rings. The van der Waals surface area contributed by atoms with Gasteiger partial charge in [-0.15, -0.1) is 0 Å². The highest BCUT2D eigenvalue weighted by Crippen LogP contribution is 1.96. The molecular formula is C8H11N2O2. The zero-order valence-corrected chi connectivity index (χ0v) is 6.96. The molecule has 0 spiro atoms. The molecule has 4 nitrogen and oxygen atoms in total. The van der Waals surface area contributed by atoms with E-state index in [0.29, 0.717) is 6.61 Å². The van der Waals surface area contributed by atoms with Gasteiger partial charge in [-0.25, -0.2) is 9.78 Å². The highest BCUT2D eigenvalue weighted by Gasteiger charge is 2.07. The second kappa shape index (κ2) is 4.54. The van der Waals surface area contributed by atoms with Crippen molar-refractivity contribution in [3.8, 4) is 0 Å². The Bertz CT molecular complexity index is 231. The Morgan fingerprint density at radius 1 is 1.83 bits per heavy atom. The van der Waals surface area contributed by atoms with Gasteiger partial charge in [-0.05, 0) is 6.42 Å². The van der Waals surface area contributed by atoms with Crippen LogP contribution in [0.25, 0.3) is 0 Å². The number of aromatic nitrogens is 2.